The third-order valence-corrected chi connectivity index (χ3v) is 8.95. The quantitative estimate of drug-likeness (QED) is 0.0407. The number of aliphatic hydroxyl groups excluding tert-OH is 3. The van der Waals surface area contributed by atoms with Crippen molar-refractivity contribution in [2.45, 2.75) is 212 Å². The maximum absolute atomic E-state index is 12.4. The fourth-order valence-electron chi connectivity index (χ4n) is 5.78. The van der Waals surface area contributed by atoms with Crippen LogP contribution in [0.4, 0.5) is 0 Å². The normalized spacial score (nSPS) is 14.1. The Morgan fingerprint density at radius 2 is 0.891 bits per heavy atom. The third-order valence-electron chi connectivity index (χ3n) is 8.95. The molecule has 0 spiro atoms. The summed E-state index contributed by atoms with van der Waals surface area (Å²) >= 11 is 0. The molecular weight excluding hydrogens is 570 g/mol. The summed E-state index contributed by atoms with van der Waals surface area (Å²) in [6, 6.07) is -0.820. The maximum Gasteiger partial charge on any atom is 0.249 e. The molecule has 4 N–H and O–H groups in total. The van der Waals surface area contributed by atoms with Crippen LogP contribution in [0.15, 0.2) is 36.5 Å². The first kappa shape index (κ1) is 44.6. The molecular formula is C41H77NO4. The minimum atomic E-state index is -1.12. The summed E-state index contributed by atoms with van der Waals surface area (Å²) in [5.74, 6) is -0.531. The first-order valence-corrected chi connectivity index (χ1v) is 19.8. The van der Waals surface area contributed by atoms with Crippen molar-refractivity contribution in [3.05, 3.63) is 36.5 Å². The van der Waals surface area contributed by atoms with Crippen LogP contribution < -0.4 is 5.32 Å². The van der Waals surface area contributed by atoms with E-state index >= 15 is 0 Å². The Morgan fingerprint density at radius 1 is 0.522 bits per heavy atom. The largest absolute Gasteiger partial charge is 0.394 e. The molecule has 5 nitrogen and oxygen atoms in total. The molecule has 0 heterocycles. The highest BCUT2D eigenvalue weighted by Crippen LogP contribution is 2.14. The molecule has 0 rings (SSSR count). The Balaban J connectivity index is 3.77. The van der Waals surface area contributed by atoms with Crippen LogP contribution in [-0.4, -0.2) is 46.1 Å². The number of hydrogen-bond acceptors (Lipinski definition) is 4. The predicted octanol–water partition coefficient (Wildman–Crippen LogP) is 10.8. The highest BCUT2D eigenvalue weighted by Gasteiger charge is 2.22. The van der Waals surface area contributed by atoms with Crippen molar-refractivity contribution in [3.8, 4) is 0 Å². The molecule has 0 saturated carbocycles. The van der Waals surface area contributed by atoms with E-state index in [9.17, 15) is 20.1 Å². The molecule has 0 bridgehead atoms. The molecule has 0 aromatic carbocycles. The van der Waals surface area contributed by atoms with Gasteiger partial charge in [-0.1, -0.05) is 172 Å². The Kier molecular flexibility index (Phi) is 35.3. The van der Waals surface area contributed by atoms with Crippen LogP contribution in [0.5, 0.6) is 0 Å². The standard InChI is InChI=1S/C41H77NO4/c1-3-5-7-9-11-13-15-17-18-19-20-21-22-23-24-26-27-29-31-33-35-39(44)38(37-43)42-41(46)40(45)36-34-32-30-28-25-16-14-12-10-8-6-4-2/h25-28,33,35,38-40,43-45H,3-24,29-32,34,36-37H2,1-2H3,(H,42,46)/b27-26+,28-25-,35-33+. The lowest BCUT2D eigenvalue weighted by atomic mass is 10.0. The highest BCUT2D eigenvalue weighted by molar-refractivity contribution is 5.80. The van der Waals surface area contributed by atoms with Gasteiger partial charge in [0.1, 0.15) is 6.10 Å². The Labute approximate surface area is 285 Å². The van der Waals surface area contributed by atoms with Gasteiger partial charge in [0.2, 0.25) is 5.91 Å². The van der Waals surface area contributed by atoms with Crippen LogP contribution in [-0.2, 0) is 4.79 Å². The second kappa shape index (κ2) is 36.4. The van der Waals surface area contributed by atoms with Crippen molar-refractivity contribution in [3.63, 3.8) is 0 Å². The topological polar surface area (TPSA) is 89.8 Å². The lowest BCUT2D eigenvalue weighted by Crippen LogP contribution is -2.48. The van der Waals surface area contributed by atoms with Crippen molar-refractivity contribution >= 4 is 5.91 Å². The number of allylic oxidation sites excluding steroid dienone is 5. The van der Waals surface area contributed by atoms with Gasteiger partial charge in [-0.2, -0.15) is 0 Å². The van der Waals surface area contributed by atoms with E-state index in [2.05, 4.69) is 43.5 Å². The predicted molar refractivity (Wildman–Crippen MR) is 199 cm³/mol. The molecule has 1 amide bonds. The second-order valence-electron chi connectivity index (χ2n) is 13.5. The van der Waals surface area contributed by atoms with Gasteiger partial charge >= 0.3 is 0 Å². The molecule has 0 aliphatic rings. The van der Waals surface area contributed by atoms with Crippen molar-refractivity contribution in [2.24, 2.45) is 0 Å². The second-order valence-corrected chi connectivity index (χ2v) is 13.5. The summed E-state index contributed by atoms with van der Waals surface area (Å²) in [6.07, 6.45) is 44.6. The minimum absolute atomic E-state index is 0.382. The summed E-state index contributed by atoms with van der Waals surface area (Å²) in [5.41, 5.74) is 0. The molecule has 0 aliphatic carbocycles. The Hall–Kier alpha value is -1.43. The number of aliphatic hydroxyl groups is 3. The van der Waals surface area contributed by atoms with E-state index in [1.165, 1.54) is 128 Å². The van der Waals surface area contributed by atoms with Crippen LogP contribution in [0.2, 0.25) is 0 Å². The monoisotopic (exact) mass is 648 g/mol. The summed E-state index contributed by atoms with van der Waals surface area (Å²) < 4.78 is 0. The summed E-state index contributed by atoms with van der Waals surface area (Å²) in [6.45, 7) is 4.14. The van der Waals surface area contributed by atoms with E-state index < -0.39 is 24.2 Å². The average molecular weight is 648 g/mol. The lowest BCUT2D eigenvalue weighted by molar-refractivity contribution is -0.131. The van der Waals surface area contributed by atoms with E-state index in [1.54, 1.807) is 6.08 Å². The maximum atomic E-state index is 12.4. The molecule has 3 unspecified atom stereocenters. The van der Waals surface area contributed by atoms with Gasteiger partial charge in [0, 0.05) is 0 Å². The number of carbonyl (C=O) groups excluding carboxylic acids is 1. The molecule has 5 heteroatoms. The molecule has 0 aliphatic heterocycles. The number of hydrogen-bond donors (Lipinski definition) is 4. The highest BCUT2D eigenvalue weighted by atomic mass is 16.3. The minimum Gasteiger partial charge on any atom is -0.394 e. The van der Waals surface area contributed by atoms with Crippen LogP contribution >= 0.6 is 0 Å². The van der Waals surface area contributed by atoms with Crippen LogP contribution in [0.3, 0.4) is 0 Å². The summed E-state index contributed by atoms with van der Waals surface area (Å²) in [4.78, 5) is 12.4. The fraction of sp³-hybridized carbons (Fsp3) is 0.829. The van der Waals surface area contributed by atoms with Gasteiger partial charge in [-0.15, -0.1) is 0 Å². The molecule has 0 fully saturated rings. The number of unbranched alkanes of at least 4 members (excludes halogenated alkanes) is 23. The molecule has 0 aromatic rings. The van der Waals surface area contributed by atoms with Crippen LogP contribution in [0.1, 0.15) is 194 Å². The van der Waals surface area contributed by atoms with Crippen molar-refractivity contribution < 1.29 is 20.1 Å². The van der Waals surface area contributed by atoms with Crippen molar-refractivity contribution in [2.75, 3.05) is 6.61 Å². The van der Waals surface area contributed by atoms with E-state index in [-0.39, 0.29) is 6.61 Å². The van der Waals surface area contributed by atoms with E-state index in [4.69, 9.17) is 0 Å². The summed E-state index contributed by atoms with van der Waals surface area (Å²) in [7, 11) is 0. The van der Waals surface area contributed by atoms with Crippen molar-refractivity contribution in [1.29, 1.82) is 0 Å². The van der Waals surface area contributed by atoms with E-state index in [0.29, 0.717) is 6.42 Å². The first-order chi connectivity index (χ1) is 22.6. The van der Waals surface area contributed by atoms with Crippen LogP contribution in [0.25, 0.3) is 0 Å². The molecule has 0 saturated heterocycles. The van der Waals surface area contributed by atoms with Crippen molar-refractivity contribution in [1.82, 2.24) is 5.32 Å². The molecule has 270 valence electrons. The van der Waals surface area contributed by atoms with Gasteiger partial charge < -0.3 is 20.6 Å². The summed E-state index contributed by atoms with van der Waals surface area (Å²) in [5, 5.41) is 32.9. The first-order valence-electron chi connectivity index (χ1n) is 19.8. The zero-order valence-corrected chi connectivity index (χ0v) is 30.5. The zero-order chi connectivity index (χ0) is 33.8. The lowest BCUT2D eigenvalue weighted by Gasteiger charge is -2.21. The number of nitrogens with one attached hydrogen (secondary N) is 1. The average Bonchev–Trinajstić information content (AvgIpc) is 3.06. The molecule has 46 heavy (non-hydrogen) atoms. The van der Waals surface area contributed by atoms with Gasteiger partial charge in [-0.25, -0.2) is 0 Å². The number of rotatable bonds is 35. The number of carbonyl (C=O) groups is 1. The molecule has 0 aromatic heterocycles. The van der Waals surface area contributed by atoms with E-state index in [1.807, 2.05) is 6.08 Å². The molecule has 3 atom stereocenters. The Morgan fingerprint density at radius 3 is 1.33 bits per heavy atom. The van der Waals surface area contributed by atoms with Gasteiger partial charge in [0.25, 0.3) is 0 Å². The zero-order valence-electron chi connectivity index (χ0n) is 30.5. The number of amides is 1. The third kappa shape index (κ3) is 31.2. The SMILES string of the molecule is CCCCCCCC/C=C\CCCCC(O)C(=O)NC(CO)C(O)/C=C/CC/C=C/CCCCCCCCCCCCCCCC. The van der Waals surface area contributed by atoms with Crippen LogP contribution in [0, 0.1) is 0 Å². The molecule has 0 radical (unpaired) electrons. The van der Waals surface area contributed by atoms with Gasteiger partial charge in [-0.3, -0.25) is 4.79 Å². The smallest absolute Gasteiger partial charge is 0.249 e. The van der Waals surface area contributed by atoms with Gasteiger partial charge in [0.05, 0.1) is 18.8 Å². The van der Waals surface area contributed by atoms with E-state index in [0.717, 1.165) is 44.9 Å². The van der Waals surface area contributed by atoms with Gasteiger partial charge in [-0.05, 0) is 57.8 Å². The Bertz CT molecular complexity index is 719. The van der Waals surface area contributed by atoms with Gasteiger partial charge in [0.15, 0.2) is 0 Å². The fourth-order valence-corrected chi connectivity index (χ4v) is 5.78.